The highest BCUT2D eigenvalue weighted by atomic mass is 16.1. The molecule has 1 atom stereocenters. The number of benzene rings is 1. The third-order valence-electron chi connectivity index (χ3n) is 6.75. The highest BCUT2D eigenvalue weighted by Gasteiger charge is 2.24. The molecule has 1 saturated carbocycles. The van der Waals surface area contributed by atoms with E-state index in [-0.39, 0.29) is 11.8 Å². The Kier molecular flexibility index (Phi) is 8.55. The summed E-state index contributed by atoms with van der Waals surface area (Å²) in [6.07, 6.45) is 8.37. The molecule has 1 saturated heterocycles. The number of piperidine rings is 1. The minimum Gasteiger partial charge on any atom is -0.369 e. The minimum atomic E-state index is -0.167. The monoisotopic (exact) mass is 413 g/mol. The van der Waals surface area contributed by atoms with Gasteiger partial charge in [-0.1, -0.05) is 37.6 Å². The second kappa shape index (κ2) is 11.3. The third kappa shape index (κ3) is 6.73. The molecule has 2 fully saturated rings. The van der Waals surface area contributed by atoms with E-state index in [2.05, 4.69) is 51.7 Å². The molecule has 3 rings (SSSR count). The summed E-state index contributed by atoms with van der Waals surface area (Å²) in [5.74, 6) is 1.62. The van der Waals surface area contributed by atoms with Crippen LogP contribution in [-0.4, -0.2) is 42.9 Å². The fourth-order valence-electron chi connectivity index (χ4n) is 4.82. The smallest absolute Gasteiger partial charge is 0.221 e. The van der Waals surface area contributed by atoms with Crippen LogP contribution in [0, 0.1) is 11.8 Å². The number of carbonyl (C=O) groups excluding carboxylic acids is 1. The summed E-state index contributed by atoms with van der Waals surface area (Å²) in [6, 6.07) is 9.21. The van der Waals surface area contributed by atoms with Crippen molar-refractivity contribution in [3.8, 4) is 0 Å². The van der Waals surface area contributed by atoms with Crippen LogP contribution in [0.25, 0.3) is 0 Å². The molecule has 1 aliphatic heterocycles. The van der Waals surface area contributed by atoms with Crippen LogP contribution in [0.4, 0.5) is 0 Å². The quantitative estimate of drug-likeness (QED) is 0.474. The average Bonchev–Trinajstić information content (AvgIpc) is 2.77. The van der Waals surface area contributed by atoms with Crippen LogP contribution in [0.2, 0.25) is 0 Å². The van der Waals surface area contributed by atoms with Crippen LogP contribution < -0.4 is 16.4 Å². The molecular formula is C24H39N5O. The maximum absolute atomic E-state index is 11.5. The Morgan fingerprint density at radius 2 is 1.97 bits per heavy atom. The van der Waals surface area contributed by atoms with E-state index in [9.17, 15) is 4.79 Å². The zero-order valence-electron chi connectivity index (χ0n) is 18.7. The standard InChI is InChI=1S/C24H39N5O/c1-3-18-9-11-22(12-10-18)28-24(26-2)27-15-19-6-4-7-20(14-19)16-29-13-5-8-21(17-29)23(25)30/h4,6-7,14,18,21-22H,3,5,8-13,15-17H2,1-2H3,(H2,25,30)(H2,26,27,28). The largest absolute Gasteiger partial charge is 0.369 e. The van der Waals surface area contributed by atoms with Gasteiger partial charge in [0.15, 0.2) is 5.96 Å². The summed E-state index contributed by atoms with van der Waals surface area (Å²) >= 11 is 0. The first-order valence-electron chi connectivity index (χ1n) is 11.6. The lowest BCUT2D eigenvalue weighted by Gasteiger charge is -2.31. The molecule has 0 aromatic heterocycles. The van der Waals surface area contributed by atoms with E-state index in [1.807, 2.05) is 7.05 Å². The molecule has 1 aliphatic carbocycles. The van der Waals surface area contributed by atoms with Crippen molar-refractivity contribution in [1.29, 1.82) is 0 Å². The molecular weight excluding hydrogens is 374 g/mol. The number of carbonyl (C=O) groups is 1. The maximum Gasteiger partial charge on any atom is 0.221 e. The van der Waals surface area contributed by atoms with Crippen LogP contribution in [0.1, 0.15) is 63.0 Å². The van der Waals surface area contributed by atoms with Gasteiger partial charge in [0.2, 0.25) is 5.91 Å². The Hall–Kier alpha value is -2.08. The number of hydrogen-bond donors (Lipinski definition) is 3. The Bertz CT molecular complexity index is 711. The molecule has 0 radical (unpaired) electrons. The lowest BCUT2D eigenvalue weighted by molar-refractivity contribution is -0.123. The lowest BCUT2D eigenvalue weighted by atomic mass is 9.84. The molecule has 1 amide bonds. The molecule has 1 aromatic rings. The number of rotatable bonds is 7. The summed E-state index contributed by atoms with van der Waals surface area (Å²) in [5.41, 5.74) is 8.04. The zero-order chi connectivity index (χ0) is 21.3. The van der Waals surface area contributed by atoms with Gasteiger partial charge in [-0.3, -0.25) is 14.7 Å². The van der Waals surface area contributed by atoms with Gasteiger partial charge in [-0.15, -0.1) is 0 Å². The first-order valence-corrected chi connectivity index (χ1v) is 11.6. The highest BCUT2D eigenvalue weighted by Crippen LogP contribution is 2.26. The molecule has 1 unspecified atom stereocenters. The van der Waals surface area contributed by atoms with E-state index in [4.69, 9.17) is 5.73 Å². The Labute approximate surface area is 181 Å². The second-order valence-corrected chi connectivity index (χ2v) is 8.99. The fraction of sp³-hybridized carbons (Fsp3) is 0.667. The topological polar surface area (TPSA) is 82.8 Å². The van der Waals surface area contributed by atoms with Crippen molar-refractivity contribution in [2.45, 2.75) is 71.0 Å². The molecule has 2 aliphatic rings. The van der Waals surface area contributed by atoms with Crippen molar-refractivity contribution in [3.63, 3.8) is 0 Å². The van der Waals surface area contributed by atoms with Gasteiger partial charge in [0.1, 0.15) is 0 Å². The van der Waals surface area contributed by atoms with Crippen molar-refractivity contribution >= 4 is 11.9 Å². The van der Waals surface area contributed by atoms with Crippen LogP contribution in [0.3, 0.4) is 0 Å². The molecule has 6 nitrogen and oxygen atoms in total. The molecule has 0 spiro atoms. The van der Waals surface area contributed by atoms with Crippen molar-refractivity contribution in [1.82, 2.24) is 15.5 Å². The van der Waals surface area contributed by atoms with Gasteiger partial charge in [-0.05, 0) is 62.1 Å². The van der Waals surface area contributed by atoms with Gasteiger partial charge in [0.25, 0.3) is 0 Å². The summed E-state index contributed by atoms with van der Waals surface area (Å²) in [5, 5.41) is 7.08. The van der Waals surface area contributed by atoms with Crippen molar-refractivity contribution < 1.29 is 4.79 Å². The number of nitrogens with zero attached hydrogens (tertiary/aromatic N) is 2. The predicted molar refractivity (Wildman–Crippen MR) is 123 cm³/mol. The molecule has 4 N–H and O–H groups in total. The minimum absolute atomic E-state index is 0.00890. The number of hydrogen-bond acceptors (Lipinski definition) is 3. The normalized spacial score (nSPS) is 25.7. The van der Waals surface area contributed by atoms with Gasteiger partial charge < -0.3 is 16.4 Å². The van der Waals surface area contributed by atoms with E-state index in [0.717, 1.165) is 50.9 Å². The Balaban J connectivity index is 1.48. The number of nitrogens with two attached hydrogens (primary N) is 1. The molecule has 1 aromatic carbocycles. The number of nitrogens with one attached hydrogen (secondary N) is 2. The van der Waals surface area contributed by atoms with Gasteiger partial charge in [-0.25, -0.2) is 0 Å². The van der Waals surface area contributed by atoms with Gasteiger partial charge >= 0.3 is 0 Å². The van der Waals surface area contributed by atoms with E-state index in [1.165, 1.54) is 43.2 Å². The Morgan fingerprint density at radius 3 is 2.67 bits per heavy atom. The second-order valence-electron chi connectivity index (χ2n) is 8.99. The average molecular weight is 414 g/mol. The summed E-state index contributed by atoms with van der Waals surface area (Å²) in [7, 11) is 1.84. The number of aliphatic imine (C=N–C) groups is 1. The van der Waals surface area contributed by atoms with Crippen LogP contribution in [0.5, 0.6) is 0 Å². The van der Waals surface area contributed by atoms with Crippen molar-refractivity contribution in [3.05, 3.63) is 35.4 Å². The highest BCUT2D eigenvalue weighted by molar-refractivity contribution is 5.80. The summed E-state index contributed by atoms with van der Waals surface area (Å²) < 4.78 is 0. The van der Waals surface area contributed by atoms with E-state index in [0.29, 0.717) is 6.04 Å². The first kappa shape index (κ1) is 22.6. The van der Waals surface area contributed by atoms with Crippen molar-refractivity contribution in [2.24, 2.45) is 22.6 Å². The molecule has 166 valence electrons. The van der Waals surface area contributed by atoms with Crippen LogP contribution >= 0.6 is 0 Å². The first-order chi connectivity index (χ1) is 14.6. The number of guanidine groups is 1. The van der Waals surface area contributed by atoms with E-state index >= 15 is 0 Å². The predicted octanol–water partition coefficient (Wildman–Crippen LogP) is 3.02. The maximum atomic E-state index is 11.5. The lowest BCUT2D eigenvalue weighted by Crippen LogP contribution is -2.44. The fourth-order valence-corrected chi connectivity index (χ4v) is 4.82. The number of likely N-dealkylation sites (tertiary alicyclic amines) is 1. The molecule has 6 heteroatoms. The zero-order valence-corrected chi connectivity index (χ0v) is 18.7. The van der Waals surface area contributed by atoms with E-state index in [1.54, 1.807) is 0 Å². The van der Waals surface area contributed by atoms with Gasteiger partial charge in [0.05, 0.1) is 5.92 Å². The van der Waals surface area contributed by atoms with Crippen LogP contribution in [0.15, 0.2) is 29.3 Å². The SMILES string of the molecule is CCC1CCC(NC(=NC)NCc2cccc(CN3CCCC(C(N)=O)C3)c2)CC1. The van der Waals surface area contributed by atoms with Crippen molar-refractivity contribution in [2.75, 3.05) is 20.1 Å². The molecule has 30 heavy (non-hydrogen) atoms. The molecule has 1 heterocycles. The number of amides is 1. The Morgan fingerprint density at radius 1 is 1.20 bits per heavy atom. The third-order valence-corrected chi connectivity index (χ3v) is 6.75. The summed E-state index contributed by atoms with van der Waals surface area (Å²) in [4.78, 5) is 18.3. The number of primary amides is 1. The van der Waals surface area contributed by atoms with Gasteiger partial charge in [-0.2, -0.15) is 0 Å². The van der Waals surface area contributed by atoms with E-state index < -0.39 is 0 Å². The summed E-state index contributed by atoms with van der Waals surface area (Å²) in [6.45, 7) is 5.72. The van der Waals surface area contributed by atoms with Crippen LogP contribution in [-0.2, 0) is 17.9 Å². The molecule has 0 bridgehead atoms. The van der Waals surface area contributed by atoms with Gasteiger partial charge in [0, 0.05) is 32.7 Å².